The number of carbonyl (C=O) groups excluding carboxylic acids is 1. The highest BCUT2D eigenvalue weighted by Gasteiger charge is 2.18. The van der Waals surface area contributed by atoms with Gasteiger partial charge in [-0.05, 0) is 24.1 Å². The first-order valence-electron chi connectivity index (χ1n) is 12.6. The highest BCUT2D eigenvalue weighted by atomic mass is 16.5. The Labute approximate surface area is 209 Å². The number of aromatic nitrogens is 5. The predicted octanol–water partition coefficient (Wildman–Crippen LogP) is 2.22. The molecule has 4 aromatic rings. The number of hydrogen-bond acceptors (Lipinski definition) is 7. The summed E-state index contributed by atoms with van der Waals surface area (Å²) in [5.74, 6) is 1.95. The molecule has 36 heavy (non-hydrogen) atoms. The summed E-state index contributed by atoms with van der Waals surface area (Å²) in [7, 11) is 0. The number of nitrogens with zero attached hydrogens (tertiary/aromatic N) is 7. The second-order valence-electron chi connectivity index (χ2n) is 9.38. The van der Waals surface area contributed by atoms with E-state index in [2.05, 4.69) is 39.4 Å². The number of piperazine rings is 1. The third-order valence-electron chi connectivity index (χ3n) is 7.24. The Bertz CT molecular complexity index is 1360. The van der Waals surface area contributed by atoms with Crippen LogP contribution in [0, 0.1) is 0 Å². The molecule has 0 radical (unpaired) electrons. The van der Waals surface area contributed by atoms with E-state index in [1.54, 1.807) is 6.33 Å². The van der Waals surface area contributed by atoms with E-state index in [1.165, 1.54) is 11.1 Å². The third-order valence-corrected chi connectivity index (χ3v) is 7.24. The minimum Gasteiger partial charge on any atom is -0.493 e. The van der Waals surface area contributed by atoms with Crippen LogP contribution in [0.4, 0.5) is 0 Å². The number of aryl methyl sites for hydroxylation is 2. The van der Waals surface area contributed by atoms with Gasteiger partial charge in [-0.1, -0.05) is 18.2 Å². The lowest BCUT2D eigenvalue weighted by Crippen LogP contribution is -2.46. The Morgan fingerprint density at radius 2 is 1.89 bits per heavy atom. The van der Waals surface area contributed by atoms with Crippen LogP contribution in [-0.2, 0) is 30.5 Å². The molecule has 0 bridgehead atoms. The molecule has 2 aliphatic rings. The maximum atomic E-state index is 10.9. The molecule has 1 aromatic carbocycles. The lowest BCUT2D eigenvalue weighted by Gasteiger charge is -2.32. The van der Waals surface area contributed by atoms with Crippen molar-refractivity contribution >= 4 is 12.1 Å². The highest BCUT2D eigenvalue weighted by Crippen LogP contribution is 2.29. The lowest BCUT2D eigenvalue weighted by atomic mass is 10.0. The number of benzene rings is 1. The number of rotatable bonds is 8. The molecule has 3 aromatic heterocycles. The van der Waals surface area contributed by atoms with Gasteiger partial charge >= 0.3 is 0 Å². The molecule has 2 aliphatic heterocycles. The third kappa shape index (κ3) is 4.54. The average molecular weight is 484 g/mol. The first-order valence-corrected chi connectivity index (χ1v) is 12.6. The molecule has 0 saturated carbocycles. The Hall–Kier alpha value is -3.85. The van der Waals surface area contributed by atoms with Gasteiger partial charge in [0.15, 0.2) is 5.65 Å². The molecule has 0 N–H and O–H groups in total. The second kappa shape index (κ2) is 10.0. The van der Waals surface area contributed by atoms with Crippen LogP contribution < -0.4 is 4.74 Å². The van der Waals surface area contributed by atoms with Crippen LogP contribution in [0.5, 0.6) is 5.75 Å². The molecule has 0 spiro atoms. The van der Waals surface area contributed by atoms with Crippen LogP contribution in [0.2, 0.25) is 0 Å². The molecule has 184 valence electrons. The number of fused-ring (bicyclic) bond motifs is 2. The molecule has 0 aliphatic carbocycles. The van der Waals surface area contributed by atoms with Crippen LogP contribution >= 0.6 is 0 Å². The minimum atomic E-state index is 0.764. The smallest absolute Gasteiger partial charge is 0.209 e. The van der Waals surface area contributed by atoms with Gasteiger partial charge in [-0.2, -0.15) is 0 Å². The van der Waals surface area contributed by atoms with Crippen molar-refractivity contribution in [2.75, 3.05) is 39.3 Å². The van der Waals surface area contributed by atoms with Crippen molar-refractivity contribution < 1.29 is 9.53 Å². The van der Waals surface area contributed by atoms with Gasteiger partial charge in [-0.25, -0.2) is 4.98 Å². The summed E-state index contributed by atoms with van der Waals surface area (Å²) in [6, 6.07) is 10.5. The number of pyridine rings is 1. The van der Waals surface area contributed by atoms with Crippen molar-refractivity contribution in [3.8, 4) is 16.9 Å². The van der Waals surface area contributed by atoms with Gasteiger partial charge in [-0.15, -0.1) is 10.2 Å². The number of amides is 1. The predicted molar refractivity (Wildman–Crippen MR) is 135 cm³/mol. The normalized spacial score (nSPS) is 15.7. The van der Waals surface area contributed by atoms with Crippen LogP contribution in [-0.4, -0.2) is 80.1 Å². The van der Waals surface area contributed by atoms with Crippen molar-refractivity contribution in [2.24, 2.45) is 0 Å². The van der Waals surface area contributed by atoms with Gasteiger partial charge in [0.2, 0.25) is 6.41 Å². The molecular weight excluding hydrogens is 454 g/mol. The van der Waals surface area contributed by atoms with E-state index >= 15 is 0 Å². The van der Waals surface area contributed by atoms with E-state index in [4.69, 9.17) is 14.7 Å². The van der Waals surface area contributed by atoms with Crippen molar-refractivity contribution in [2.45, 2.75) is 25.7 Å². The Morgan fingerprint density at radius 1 is 0.972 bits per heavy atom. The molecule has 6 rings (SSSR count). The van der Waals surface area contributed by atoms with E-state index < -0.39 is 0 Å². The topological polar surface area (TPSA) is 88.8 Å². The minimum absolute atomic E-state index is 0.764. The number of hydrogen-bond donors (Lipinski definition) is 0. The second-order valence-corrected chi connectivity index (χ2v) is 9.38. The molecule has 0 atom stereocenters. The fourth-order valence-electron chi connectivity index (χ4n) is 5.13. The zero-order valence-corrected chi connectivity index (χ0v) is 20.2. The fraction of sp³-hybridized carbons (Fsp3) is 0.370. The summed E-state index contributed by atoms with van der Waals surface area (Å²) >= 11 is 0. The summed E-state index contributed by atoms with van der Waals surface area (Å²) in [5.41, 5.74) is 6.40. The van der Waals surface area contributed by atoms with Gasteiger partial charge in [0, 0.05) is 86.8 Å². The molecule has 5 heterocycles. The first-order chi connectivity index (χ1) is 17.8. The molecule has 1 fully saturated rings. The number of ether oxygens (including phenoxy) is 1. The lowest BCUT2D eigenvalue weighted by molar-refractivity contribution is -0.119. The maximum absolute atomic E-state index is 10.9. The van der Waals surface area contributed by atoms with Crippen molar-refractivity contribution in [3.05, 3.63) is 71.7 Å². The van der Waals surface area contributed by atoms with Crippen LogP contribution in [0.1, 0.15) is 22.6 Å². The molecule has 1 saturated heterocycles. The van der Waals surface area contributed by atoms with Crippen molar-refractivity contribution in [3.63, 3.8) is 0 Å². The van der Waals surface area contributed by atoms with E-state index in [0.29, 0.717) is 0 Å². The molecular formula is C27H29N7O2. The molecule has 9 heteroatoms. The van der Waals surface area contributed by atoms with Gasteiger partial charge in [0.1, 0.15) is 17.9 Å². The Balaban J connectivity index is 1.14. The van der Waals surface area contributed by atoms with E-state index in [9.17, 15) is 4.79 Å². The monoisotopic (exact) mass is 483 g/mol. The summed E-state index contributed by atoms with van der Waals surface area (Å²) in [6.07, 6.45) is 10.0. The molecule has 9 nitrogen and oxygen atoms in total. The maximum Gasteiger partial charge on any atom is 0.209 e. The van der Waals surface area contributed by atoms with E-state index in [-0.39, 0.29) is 0 Å². The Morgan fingerprint density at radius 3 is 2.72 bits per heavy atom. The van der Waals surface area contributed by atoms with Crippen molar-refractivity contribution in [1.82, 2.24) is 34.4 Å². The Kier molecular flexibility index (Phi) is 6.29. The summed E-state index contributed by atoms with van der Waals surface area (Å²) in [5, 5.41) is 8.56. The first kappa shape index (κ1) is 22.6. The molecule has 0 unspecified atom stereocenters. The van der Waals surface area contributed by atoms with Crippen LogP contribution in [0.3, 0.4) is 0 Å². The SMILES string of the molecule is O=CN1CCN(CCc2ccc(-c3cnc(CCc4cccc5c4CCO5)n4cnnc34)cn2)CC1. The van der Waals surface area contributed by atoms with Gasteiger partial charge in [-0.3, -0.25) is 19.1 Å². The van der Waals surface area contributed by atoms with Gasteiger partial charge < -0.3 is 9.64 Å². The standard InChI is InChI=1S/C27H29N7O2/c35-19-33-13-11-32(12-14-33)10-8-22-6-4-21(16-28-22)24-17-29-26(34-18-30-31-27(24)34)7-5-20-2-1-3-25-23(20)9-15-36-25/h1-4,6,16-19H,5,7-15H2. The van der Waals surface area contributed by atoms with Gasteiger partial charge in [0.25, 0.3) is 0 Å². The van der Waals surface area contributed by atoms with Gasteiger partial charge in [0.05, 0.1) is 6.61 Å². The zero-order chi connectivity index (χ0) is 24.3. The van der Waals surface area contributed by atoms with E-state index in [0.717, 1.165) is 105 Å². The van der Waals surface area contributed by atoms with Crippen LogP contribution in [0.15, 0.2) is 49.1 Å². The summed E-state index contributed by atoms with van der Waals surface area (Å²) < 4.78 is 7.70. The average Bonchev–Trinajstić information content (AvgIpc) is 3.62. The molecule has 1 amide bonds. The summed E-state index contributed by atoms with van der Waals surface area (Å²) in [6.45, 7) is 5.14. The zero-order valence-electron chi connectivity index (χ0n) is 20.2. The summed E-state index contributed by atoms with van der Waals surface area (Å²) in [4.78, 5) is 24.6. The van der Waals surface area contributed by atoms with E-state index in [1.807, 2.05) is 27.8 Å². The van der Waals surface area contributed by atoms with Crippen molar-refractivity contribution in [1.29, 1.82) is 0 Å². The number of carbonyl (C=O) groups is 1. The van der Waals surface area contributed by atoms with Crippen LogP contribution in [0.25, 0.3) is 16.8 Å². The largest absolute Gasteiger partial charge is 0.493 e. The highest BCUT2D eigenvalue weighted by molar-refractivity contribution is 5.76. The fourth-order valence-corrected chi connectivity index (χ4v) is 5.13. The quantitative estimate of drug-likeness (QED) is 0.355.